The van der Waals surface area contributed by atoms with Gasteiger partial charge >= 0.3 is 0 Å². The number of pyridine rings is 1. The fourth-order valence-electron chi connectivity index (χ4n) is 4.38. The van der Waals surface area contributed by atoms with Crippen molar-refractivity contribution in [2.75, 3.05) is 7.11 Å². The number of methoxy groups -OCH3 is 1. The summed E-state index contributed by atoms with van der Waals surface area (Å²) in [4.78, 5) is 18.4. The molecule has 0 amide bonds. The maximum Gasteiger partial charge on any atom is 0.252 e. The van der Waals surface area contributed by atoms with Gasteiger partial charge in [-0.2, -0.15) is 0 Å². The molecule has 0 aliphatic rings. The minimum atomic E-state index is -0.265. The zero-order valence-electron chi connectivity index (χ0n) is 21.4. The summed E-state index contributed by atoms with van der Waals surface area (Å²) in [7, 11) is 1.64. The molecule has 1 unspecified atom stereocenters. The maximum atomic E-state index is 13.1. The van der Waals surface area contributed by atoms with Gasteiger partial charge in [0.15, 0.2) is 5.82 Å². The maximum absolute atomic E-state index is 13.1. The molecule has 0 bridgehead atoms. The van der Waals surface area contributed by atoms with E-state index >= 15 is 0 Å². The Bertz CT molecular complexity index is 1350. The molecule has 2 aromatic carbocycles. The Morgan fingerprint density at radius 2 is 1.83 bits per heavy atom. The van der Waals surface area contributed by atoms with Crippen LogP contribution < -0.4 is 10.3 Å². The predicted molar refractivity (Wildman–Crippen MR) is 137 cm³/mol. The van der Waals surface area contributed by atoms with E-state index in [9.17, 15) is 4.79 Å². The molecule has 4 aromatic rings. The summed E-state index contributed by atoms with van der Waals surface area (Å²) < 4.78 is 7.27. The van der Waals surface area contributed by atoms with Gasteiger partial charge in [-0.05, 0) is 74.4 Å². The minimum absolute atomic E-state index is 0.0778. The lowest BCUT2D eigenvalue weighted by molar-refractivity contribution is 0.153. The number of fused-ring (bicyclic) bond motifs is 1. The number of hydrogen-bond donors (Lipinski definition) is 1. The van der Waals surface area contributed by atoms with Crippen LogP contribution in [0.3, 0.4) is 0 Å². The van der Waals surface area contributed by atoms with Crippen LogP contribution in [0, 0.1) is 6.92 Å². The largest absolute Gasteiger partial charge is 0.497 e. The Morgan fingerprint density at radius 3 is 2.49 bits per heavy atom. The molecule has 184 valence electrons. The minimum Gasteiger partial charge on any atom is -0.497 e. The van der Waals surface area contributed by atoms with Crippen LogP contribution in [0.15, 0.2) is 53.3 Å². The molecule has 1 atom stereocenters. The van der Waals surface area contributed by atoms with E-state index in [1.54, 1.807) is 7.11 Å². The molecule has 8 heteroatoms. The highest BCUT2D eigenvalue weighted by Crippen LogP contribution is 2.29. The summed E-state index contributed by atoms with van der Waals surface area (Å²) >= 11 is 0. The molecule has 35 heavy (non-hydrogen) atoms. The summed E-state index contributed by atoms with van der Waals surface area (Å²) in [5.41, 5.74) is 3.49. The van der Waals surface area contributed by atoms with Crippen molar-refractivity contribution in [1.29, 1.82) is 0 Å². The highest BCUT2D eigenvalue weighted by atomic mass is 16.5. The first-order chi connectivity index (χ1) is 16.7. The third kappa shape index (κ3) is 5.43. The molecule has 4 rings (SSSR count). The molecular weight excluding hydrogens is 440 g/mol. The van der Waals surface area contributed by atoms with E-state index in [1.165, 1.54) is 11.1 Å². The normalized spacial score (nSPS) is 12.9. The Labute approximate surface area is 205 Å². The number of nitrogens with one attached hydrogen (secondary N) is 1. The van der Waals surface area contributed by atoms with Crippen molar-refractivity contribution >= 4 is 10.9 Å². The van der Waals surface area contributed by atoms with E-state index < -0.39 is 0 Å². The summed E-state index contributed by atoms with van der Waals surface area (Å²) in [5, 5.41) is 13.6. The summed E-state index contributed by atoms with van der Waals surface area (Å²) in [6.07, 6.45) is 0.793. The van der Waals surface area contributed by atoms with Crippen molar-refractivity contribution in [3.63, 3.8) is 0 Å². The topological polar surface area (TPSA) is 88.9 Å². The van der Waals surface area contributed by atoms with E-state index in [4.69, 9.17) is 4.74 Å². The number of benzene rings is 2. The third-order valence-corrected chi connectivity index (χ3v) is 6.26. The zero-order chi connectivity index (χ0) is 25.2. The second kappa shape index (κ2) is 10.00. The van der Waals surface area contributed by atoms with Crippen molar-refractivity contribution in [2.24, 2.45) is 0 Å². The van der Waals surface area contributed by atoms with Gasteiger partial charge in [0, 0.05) is 29.6 Å². The van der Waals surface area contributed by atoms with E-state index in [0.29, 0.717) is 18.7 Å². The van der Waals surface area contributed by atoms with Gasteiger partial charge in [-0.25, -0.2) is 4.68 Å². The molecule has 2 heterocycles. The molecule has 0 fully saturated rings. The second-order valence-corrected chi connectivity index (χ2v) is 10.0. The van der Waals surface area contributed by atoms with Gasteiger partial charge in [0.25, 0.3) is 5.56 Å². The third-order valence-electron chi connectivity index (χ3n) is 6.26. The first-order valence-corrected chi connectivity index (χ1v) is 12.0. The van der Waals surface area contributed by atoms with E-state index in [2.05, 4.69) is 84.3 Å². The molecule has 0 spiro atoms. The summed E-state index contributed by atoms with van der Waals surface area (Å²) in [6, 6.07) is 16.0. The zero-order valence-corrected chi connectivity index (χ0v) is 21.4. The van der Waals surface area contributed by atoms with Crippen LogP contribution in [-0.2, 0) is 18.6 Å². The molecule has 0 radical (unpaired) electrons. The number of rotatable bonds is 8. The Balaban J connectivity index is 1.77. The number of aromatic nitrogens is 5. The lowest BCUT2D eigenvalue weighted by Crippen LogP contribution is -2.35. The molecule has 1 N–H and O–H groups in total. The van der Waals surface area contributed by atoms with Crippen LogP contribution >= 0.6 is 0 Å². The lowest BCUT2D eigenvalue weighted by Gasteiger charge is -2.32. The molecule has 2 aromatic heterocycles. The van der Waals surface area contributed by atoms with Gasteiger partial charge in [0.2, 0.25) is 0 Å². The second-order valence-electron chi connectivity index (χ2n) is 10.0. The number of nitrogens with zero attached hydrogens (tertiary/aromatic N) is 5. The molecule has 8 nitrogen and oxygen atoms in total. The summed E-state index contributed by atoms with van der Waals surface area (Å²) in [5.74, 6) is 1.55. The first kappa shape index (κ1) is 24.6. The van der Waals surface area contributed by atoms with Crippen LogP contribution in [0.4, 0.5) is 0 Å². The van der Waals surface area contributed by atoms with E-state index in [-0.39, 0.29) is 17.1 Å². The quantitative estimate of drug-likeness (QED) is 0.397. The number of hydrogen-bond acceptors (Lipinski definition) is 6. The Morgan fingerprint density at radius 1 is 1.09 bits per heavy atom. The number of aromatic amines is 1. The first-order valence-electron chi connectivity index (χ1n) is 12.0. The van der Waals surface area contributed by atoms with Crippen LogP contribution in [0.1, 0.15) is 62.7 Å². The molecule has 0 saturated heterocycles. The lowest BCUT2D eigenvalue weighted by atomic mass is 10.0. The average molecular weight is 475 g/mol. The van der Waals surface area contributed by atoms with Crippen molar-refractivity contribution in [3.05, 3.63) is 81.4 Å². The highest BCUT2D eigenvalue weighted by molar-refractivity contribution is 5.80. The molecule has 0 aliphatic heterocycles. The fraction of sp³-hybridized carbons (Fsp3) is 0.407. The number of tetrazole rings is 1. The summed E-state index contributed by atoms with van der Waals surface area (Å²) in [6.45, 7) is 11.6. The van der Waals surface area contributed by atoms with Gasteiger partial charge in [-0.3, -0.25) is 9.69 Å². The number of H-pyrrole nitrogens is 1. The number of ether oxygens (including phenoxy) is 1. The standard InChI is InChI=1S/C27H34N6O2/c1-7-24(25-29-30-31-33(25)27(3,4)5)32(16-19-10-8-18(2)9-11-19)17-21-14-20-15-22(35-6)12-13-23(20)28-26(21)34/h8-15,24H,7,16-17H2,1-6H3,(H,28,34). The Hall–Kier alpha value is -3.52. The van der Waals surface area contributed by atoms with Crippen LogP contribution in [0.5, 0.6) is 5.75 Å². The molecule has 0 aliphatic carbocycles. The van der Waals surface area contributed by atoms with Crippen LogP contribution in [-0.4, -0.2) is 37.2 Å². The van der Waals surface area contributed by atoms with Crippen LogP contribution in [0.25, 0.3) is 10.9 Å². The smallest absolute Gasteiger partial charge is 0.252 e. The van der Waals surface area contributed by atoms with Crippen molar-refractivity contribution < 1.29 is 4.74 Å². The fourth-order valence-corrected chi connectivity index (χ4v) is 4.38. The Kier molecular flexibility index (Phi) is 7.03. The highest BCUT2D eigenvalue weighted by Gasteiger charge is 2.29. The van der Waals surface area contributed by atoms with Crippen LogP contribution in [0.2, 0.25) is 0 Å². The van der Waals surface area contributed by atoms with Crippen molar-refractivity contribution in [1.82, 2.24) is 30.1 Å². The SMILES string of the molecule is CCC(c1nnnn1C(C)(C)C)N(Cc1ccc(C)cc1)Cc1cc2cc(OC)ccc2[nH]c1=O. The van der Waals surface area contributed by atoms with Gasteiger partial charge in [-0.1, -0.05) is 36.8 Å². The van der Waals surface area contributed by atoms with Gasteiger partial charge < -0.3 is 9.72 Å². The molecule has 0 saturated carbocycles. The van der Waals surface area contributed by atoms with Crippen molar-refractivity contribution in [3.8, 4) is 5.75 Å². The van der Waals surface area contributed by atoms with E-state index in [1.807, 2.05) is 28.9 Å². The van der Waals surface area contributed by atoms with Gasteiger partial charge in [0.1, 0.15) is 5.75 Å². The monoisotopic (exact) mass is 474 g/mol. The van der Waals surface area contributed by atoms with E-state index in [0.717, 1.165) is 28.9 Å². The predicted octanol–water partition coefficient (Wildman–Crippen LogP) is 4.74. The molecular formula is C27H34N6O2. The number of aryl methyl sites for hydroxylation is 1. The van der Waals surface area contributed by atoms with Gasteiger partial charge in [-0.15, -0.1) is 5.10 Å². The van der Waals surface area contributed by atoms with Crippen molar-refractivity contribution in [2.45, 2.75) is 65.7 Å². The van der Waals surface area contributed by atoms with Gasteiger partial charge in [0.05, 0.1) is 18.7 Å². The average Bonchev–Trinajstić information content (AvgIpc) is 3.31.